The number of pyridine rings is 3. The van der Waals surface area contributed by atoms with Crippen LogP contribution >= 0.6 is 11.6 Å². The Bertz CT molecular complexity index is 2000. The minimum absolute atomic E-state index is 0.0715. The second-order valence-electron chi connectivity index (χ2n) is 11.2. The maximum absolute atomic E-state index is 14.6. The summed E-state index contributed by atoms with van der Waals surface area (Å²) < 4.78 is 53.9. The number of carbonyl (C=O) groups is 1. The third-order valence-electron chi connectivity index (χ3n) is 7.42. The quantitative estimate of drug-likeness (QED) is 0.114. The summed E-state index contributed by atoms with van der Waals surface area (Å²) in [6.07, 6.45) is 3.83. The van der Waals surface area contributed by atoms with Crippen LogP contribution in [0.2, 0.25) is 5.02 Å². The Balaban J connectivity index is 0.000000216. The van der Waals surface area contributed by atoms with Crippen LogP contribution < -0.4 is 16.0 Å². The fourth-order valence-corrected chi connectivity index (χ4v) is 5.38. The number of carbonyl (C=O) groups excluding carboxylic acids is 1. The highest BCUT2D eigenvalue weighted by Crippen LogP contribution is 2.32. The summed E-state index contributed by atoms with van der Waals surface area (Å²) in [5.41, 5.74) is 7.70. The van der Waals surface area contributed by atoms with Gasteiger partial charge in [-0.1, -0.05) is 25.4 Å². The lowest BCUT2D eigenvalue weighted by atomic mass is 9.99. The minimum atomic E-state index is -0.770. The Labute approximate surface area is 268 Å². The number of aryl methyl sites for hydroxylation is 3. The lowest BCUT2D eigenvalue weighted by Crippen LogP contribution is -2.29. The van der Waals surface area contributed by atoms with Crippen molar-refractivity contribution in [3.8, 4) is 16.9 Å². The highest BCUT2D eigenvalue weighted by atomic mass is 35.5. The number of rotatable bonds is 7. The standard InChI is InChI=1S/C20H24FN3O2.C14H10ClF2NO2/c1-11(2)7-13(22)10-26-18-9-17-15(8-16(18)21)14-5-6-23-12(3)19(14)20(25)24(17)4;1-7-13(14(19)20-2)8(3-4-18-7)9-5-12(17)10(15)6-11(9)16/h5-6,8-9,11,13H,7,10,22H2,1-4H3;3-6H,1-2H3/t13-;/m0./s1. The van der Waals surface area contributed by atoms with E-state index >= 15 is 0 Å². The molecule has 0 aliphatic heterocycles. The summed E-state index contributed by atoms with van der Waals surface area (Å²) in [6.45, 7) is 7.74. The van der Waals surface area contributed by atoms with E-state index in [2.05, 4.69) is 28.6 Å². The Morgan fingerprint density at radius 2 is 1.63 bits per heavy atom. The Morgan fingerprint density at radius 1 is 0.957 bits per heavy atom. The molecule has 5 aromatic rings. The van der Waals surface area contributed by atoms with E-state index in [0.717, 1.165) is 18.6 Å². The van der Waals surface area contributed by atoms with Crippen LogP contribution in [0.3, 0.4) is 0 Å². The molecule has 46 heavy (non-hydrogen) atoms. The molecular weight excluding hydrogens is 621 g/mol. The number of fused-ring (bicyclic) bond motifs is 3. The van der Waals surface area contributed by atoms with Gasteiger partial charge in [0.25, 0.3) is 5.56 Å². The fourth-order valence-electron chi connectivity index (χ4n) is 5.23. The summed E-state index contributed by atoms with van der Waals surface area (Å²) in [6, 6.07) is 7.79. The molecule has 0 fully saturated rings. The zero-order valence-corrected chi connectivity index (χ0v) is 27.0. The summed E-state index contributed by atoms with van der Waals surface area (Å²) in [5, 5.41) is 1.53. The second-order valence-corrected chi connectivity index (χ2v) is 11.6. The van der Waals surface area contributed by atoms with Crippen LogP contribution in [-0.4, -0.2) is 40.3 Å². The molecule has 0 spiro atoms. The van der Waals surface area contributed by atoms with Crippen molar-refractivity contribution in [1.29, 1.82) is 0 Å². The van der Waals surface area contributed by atoms with Crippen LogP contribution in [0.4, 0.5) is 13.2 Å². The maximum atomic E-state index is 14.6. The zero-order chi connectivity index (χ0) is 33.9. The molecule has 3 aromatic heterocycles. The number of esters is 1. The van der Waals surface area contributed by atoms with Crippen molar-refractivity contribution in [2.45, 2.75) is 40.2 Å². The third kappa shape index (κ3) is 7.16. The van der Waals surface area contributed by atoms with Crippen molar-refractivity contribution < 1.29 is 27.4 Å². The van der Waals surface area contributed by atoms with Crippen LogP contribution in [0, 0.1) is 37.2 Å². The molecule has 8 nitrogen and oxygen atoms in total. The summed E-state index contributed by atoms with van der Waals surface area (Å²) in [4.78, 5) is 32.6. The average Bonchev–Trinajstić information content (AvgIpc) is 3.00. The normalized spacial score (nSPS) is 11.8. The summed E-state index contributed by atoms with van der Waals surface area (Å²) in [5.74, 6) is -2.08. The van der Waals surface area contributed by atoms with Crippen LogP contribution in [-0.2, 0) is 11.8 Å². The number of halogens is 4. The van der Waals surface area contributed by atoms with E-state index in [0.29, 0.717) is 39.0 Å². The molecule has 3 heterocycles. The topological polar surface area (TPSA) is 109 Å². The molecule has 2 aromatic carbocycles. The van der Waals surface area contributed by atoms with Crippen molar-refractivity contribution in [2.75, 3.05) is 13.7 Å². The second kappa shape index (κ2) is 14.3. The van der Waals surface area contributed by atoms with Crippen molar-refractivity contribution >= 4 is 39.2 Å². The number of hydrogen-bond donors (Lipinski definition) is 1. The molecule has 0 saturated carbocycles. The predicted octanol–water partition coefficient (Wildman–Crippen LogP) is 7.06. The van der Waals surface area contributed by atoms with E-state index in [1.165, 1.54) is 30.0 Å². The number of nitrogens with two attached hydrogens (primary N) is 1. The SMILES string of the molecule is COC(=O)c1c(-c2cc(F)c(Cl)cc2F)ccnc1C.Cc1nccc2c1c(=O)n(C)c1cc(OC[C@@H](N)CC(C)C)c(F)cc21. The van der Waals surface area contributed by atoms with E-state index in [1.807, 2.05) is 0 Å². The van der Waals surface area contributed by atoms with Gasteiger partial charge in [0.2, 0.25) is 0 Å². The lowest BCUT2D eigenvalue weighted by Gasteiger charge is -2.17. The molecule has 0 radical (unpaired) electrons. The largest absolute Gasteiger partial charge is 0.489 e. The van der Waals surface area contributed by atoms with E-state index in [1.54, 1.807) is 39.2 Å². The van der Waals surface area contributed by atoms with Gasteiger partial charge in [0.1, 0.15) is 18.2 Å². The Morgan fingerprint density at radius 3 is 2.30 bits per heavy atom. The molecule has 242 valence electrons. The van der Waals surface area contributed by atoms with Gasteiger partial charge in [-0.15, -0.1) is 0 Å². The molecule has 5 rings (SSSR count). The molecule has 12 heteroatoms. The minimum Gasteiger partial charge on any atom is -0.489 e. The average molecular weight is 655 g/mol. The fraction of sp³-hybridized carbons (Fsp3) is 0.294. The van der Waals surface area contributed by atoms with Crippen LogP contribution in [0.1, 0.15) is 42.0 Å². The number of nitrogens with zero attached hydrogens (tertiary/aromatic N) is 3. The van der Waals surface area contributed by atoms with Crippen LogP contribution in [0.25, 0.3) is 32.8 Å². The molecule has 0 saturated heterocycles. The van der Waals surface area contributed by atoms with Gasteiger partial charge >= 0.3 is 5.97 Å². The van der Waals surface area contributed by atoms with Crippen molar-refractivity contribution in [1.82, 2.24) is 14.5 Å². The highest BCUT2D eigenvalue weighted by Gasteiger charge is 2.21. The first-order valence-electron chi connectivity index (χ1n) is 14.4. The summed E-state index contributed by atoms with van der Waals surface area (Å²) in [7, 11) is 2.88. The van der Waals surface area contributed by atoms with Crippen molar-refractivity contribution in [2.24, 2.45) is 18.7 Å². The molecular formula is C34H34ClF3N4O4. The van der Waals surface area contributed by atoms with E-state index in [-0.39, 0.29) is 45.7 Å². The molecule has 0 aliphatic rings. The van der Waals surface area contributed by atoms with Gasteiger partial charge in [0.05, 0.1) is 40.0 Å². The van der Waals surface area contributed by atoms with E-state index < -0.39 is 23.4 Å². The summed E-state index contributed by atoms with van der Waals surface area (Å²) >= 11 is 5.52. The third-order valence-corrected chi connectivity index (χ3v) is 7.71. The monoisotopic (exact) mass is 654 g/mol. The molecule has 0 bridgehead atoms. The van der Waals surface area contributed by atoms with Gasteiger partial charge < -0.3 is 19.8 Å². The predicted molar refractivity (Wildman–Crippen MR) is 173 cm³/mol. The number of hydrogen-bond acceptors (Lipinski definition) is 7. The lowest BCUT2D eigenvalue weighted by molar-refractivity contribution is 0.0600. The highest BCUT2D eigenvalue weighted by molar-refractivity contribution is 6.30. The van der Waals surface area contributed by atoms with Crippen LogP contribution in [0.5, 0.6) is 5.75 Å². The van der Waals surface area contributed by atoms with Crippen LogP contribution in [0.15, 0.2) is 53.6 Å². The van der Waals surface area contributed by atoms with Gasteiger partial charge in [0, 0.05) is 48.1 Å². The number of methoxy groups -OCH3 is 1. The molecule has 1 atom stereocenters. The smallest absolute Gasteiger partial charge is 0.340 e. The van der Waals surface area contributed by atoms with Crippen molar-refractivity contribution in [3.63, 3.8) is 0 Å². The first-order valence-corrected chi connectivity index (χ1v) is 14.8. The van der Waals surface area contributed by atoms with Gasteiger partial charge in [-0.25, -0.2) is 18.0 Å². The van der Waals surface area contributed by atoms with Gasteiger partial charge in [-0.2, -0.15) is 0 Å². The first-order chi connectivity index (χ1) is 21.7. The maximum Gasteiger partial charge on any atom is 0.340 e. The van der Waals surface area contributed by atoms with Gasteiger partial charge in [0.15, 0.2) is 11.6 Å². The van der Waals surface area contributed by atoms with E-state index in [4.69, 9.17) is 22.1 Å². The first kappa shape index (κ1) is 34.4. The molecule has 0 amide bonds. The van der Waals surface area contributed by atoms with Gasteiger partial charge in [-0.05, 0) is 61.9 Å². The Kier molecular flexibility index (Phi) is 10.7. The number of ether oxygens (including phenoxy) is 2. The molecule has 0 aliphatic carbocycles. The van der Waals surface area contributed by atoms with E-state index in [9.17, 15) is 22.8 Å². The molecule has 0 unspecified atom stereocenters. The molecule has 2 N–H and O–H groups in total. The number of benzene rings is 2. The Hall–Kier alpha value is -4.48. The number of aromatic nitrogens is 3. The van der Waals surface area contributed by atoms with Crippen molar-refractivity contribution in [3.05, 3.63) is 98.6 Å². The van der Waals surface area contributed by atoms with Gasteiger partial charge in [-0.3, -0.25) is 14.8 Å². The zero-order valence-electron chi connectivity index (χ0n) is 26.3.